The molecule has 0 saturated carbocycles. The van der Waals surface area contributed by atoms with Crippen LogP contribution in [0.2, 0.25) is 0 Å². The first-order valence-corrected chi connectivity index (χ1v) is 7.93. The van der Waals surface area contributed by atoms with Gasteiger partial charge >= 0.3 is 0 Å². The summed E-state index contributed by atoms with van der Waals surface area (Å²) in [6.45, 7) is 2.15. The van der Waals surface area contributed by atoms with E-state index in [1.54, 1.807) is 22.2 Å². The highest BCUT2D eigenvalue weighted by atomic mass is 32.1. The number of nitrogens with zero attached hydrogens (tertiary/aromatic N) is 2. The number of aliphatic hydroxyl groups is 1. The van der Waals surface area contributed by atoms with Crippen molar-refractivity contribution in [1.29, 1.82) is 0 Å². The van der Waals surface area contributed by atoms with Crippen LogP contribution in [0.3, 0.4) is 0 Å². The monoisotopic (exact) mass is 298 g/mol. The lowest BCUT2D eigenvalue weighted by atomic mass is 10.1. The zero-order chi connectivity index (χ0) is 14.7. The summed E-state index contributed by atoms with van der Waals surface area (Å²) < 4.78 is 1.80. The molecule has 1 aromatic carbocycles. The van der Waals surface area contributed by atoms with Gasteiger partial charge in [-0.1, -0.05) is 25.1 Å². The minimum Gasteiger partial charge on any atom is -0.388 e. The van der Waals surface area contributed by atoms with Crippen LogP contribution in [-0.4, -0.2) is 14.9 Å². The molecule has 21 heavy (non-hydrogen) atoms. The SMILES string of the molecule is CCc1ccc(CC(O)c2cnn(-c3ccccc3)c2)s1. The number of para-hydroxylation sites is 1. The summed E-state index contributed by atoms with van der Waals surface area (Å²) in [5.74, 6) is 0. The molecule has 2 aromatic heterocycles. The van der Waals surface area contributed by atoms with Gasteiger partial charge in [-0.15, -0.1) is 11.3 Å². The molecule has 1 N–H and O–H groups in total. The number of hydrogen-bond acceptors (Lipinski definition) is 3. The van der Waals surface area contributed by atoms with Gasteiger partial charge in [0.2, 0.25) is 0 Å². The van der Waals surface area contributed by atoms with Gasteiger partial charge in [-0.3, -0.25) is 0 Å². The number of aliphatic hydroxyl groups excluding tert-OH is 1. The first-order chi connectivity index (χ1) is 10.3. The van der Waals surface area contributed by atoms with Crippen molar-refractivity contribution in [3.8, 4) is 5.69 Å². The lowest BCUT2D eigenvalue weighted by Gasteiger charge is -2.06. The van der Waals surface area contributed by atoms with E-state index in [2.05, 4.69) is 24.2 Å². The minimum atomic E-state index is -0.509. The number of aryl methyl sites for hydroxylation is 1. The Morgan fingerprint density at radius 3 is 2.62 bits per heavy atom. The van der Waals surface area contributed by atoms with E-state index >= 15 is 0 Å². The van der Waals surface area contributed by atoms with E-state index in [9.17, 15) is 5.11 Å². The van der Waals surface area contributed by atoms with Crippen LogP contribution in [0.5, 0.6) is 0 Å². The number of rotatable bonds is 5. The Kier molecular flexibility index (Phi) is 4.18. The van der Waals surface area contributed by atoms with Crippen LogP contribution in [0.25, 0.3) is 5.69 Å². The Morgan fingerprint density at radius 2 is 1.90 bits per heavy atom. The van der Waals surface area contributed by atoms with Gasteiger partial charge in [-0.05, 0) is 30.7 Å². The molecule has 108 valence electrons. The van der Waals surface area contributed by atoms with Crippen molar-refractivity contribution in [2.24, 2.45) is 0 Å². The first-order valence-electron chi connectivity index (χ1n) is 7.12. The number of aromatic nitrogens is 2. The van der Waals surface area contributed by atoms with Crippen molar-refractivity contribution in [1.82, 2.24) is 9.78 Å². The molecule has 3 aromatic rings. The lowest BCUT2D eigenvalue weighted by Crippen LogP contribution is -1.99. The quantitative estimate of drug-likeness (QED) is 0.778. The molecule has 3 nitrogen and oxygen atoms in total. The predicted molar refractivity (Wildman–Crippen MR) is 85.9 cm³/mol. The summed E-state index contributed by atoms with van der Waals surface area (Å²) in [6, 6.07) is 14.2. The van der Waals surface area contributed by atoms with Crippen LogP contribution in [0.4, 0.5) is 0 Å². The van der Waals surface area contributed by atoms with E-state index in [0.29, 0.717) is 6.42 Å². The topological polar surface area (TPSA) is 38.1 Å². The zero-order valence-electron chi connectivity index (χ0n) is 11.9. The molecule has 0 aliphatic carbocycles. The molecule has 0 saturated heterocycles. The summed E-state index contributed by atoms with van der Waals surface area (Å²) in [6.07, 6.45) is 4.82. The second-order valence-electron chi connectivity index (χ2n) is 5.00. The third-order valence-electron chi connectivity index (χ3n) is 3.47. The summed E-state index contributed by atoms with van der Waals surface area (Å²) in [7, 11) is 0. The van der Waals surface area contributed by atoms with E-state index in [1.807, 2.05) is 36.5 Å². The molecule has 1 atom stereocenters. The fourth-order valence-electron chi connectivity index (χ4n) is 2.26. The molecule has 0 aliphatic rings. The predicted octanol–water partition coefficient (Wildman–Crippen LogP) is 3.77. The third-order valence-corrected chi connectivity index (χ3v) is 4.72. The molecule has 0 amide bonds. The maximum absolute atomic E-state index is 10.4. The fourth-order valence-corrected chi connectivity index (χ4v) is 3.26. The third kappa shape index (κ3) is 3.23. The molecule has 0 fully saturated rings. The highest BCUT2D eigenvalue weighted by Gasteiger charge is 2.13. The van der Waals surface area contributed by atoms with Crippen LogP contribution < -0.4 is 0 Å². The van der Waals surface area contributed by atoms with Gasteiger partial charge in [0.15, 0.2) is 0 Å². The minimum absolute atomic E-state index is 0.509. The average Bonchev–Trinajstić information content (AvgIpc) is 3.17. The first kappa shape index (κ1) is 14.0. The van der Waals surface area contributed by atoms with Gasteiger partial charge < -0.3 is 5.11 Å². The molecule has 0 bridgehead atoms. The summed E-state index contributed by atoms with van der Waals surface area (Å²) >= 11 is 1.77. The maximum atomic E-state index is 10.4. The Morgan fingerprint density at radius 1 is 1.14 bits per heavy atom. The molecule has 1 unspecified atom stereocenters. The van der Waals surface area contributed by atoms with E-state index < -0.39 is 6.10 Å². The number of hydrogen-bond donors (Lipinski definition) is 1. The van der Waals surface area contributed by atoms with Crippen LogP contribution in [0.15, 0.2) is 54.9 Å². The van der Waals surface area contributed by atoms with Crippen molar-refractivity contribution in [2.75, 3.05) is 0 Å². The van der Waals surface area contributed by atoms with Gasteiger partial charge in [-0.2, -0.15) is 5.10 Å². The van der Waals surface area contributed by atoms with Crippen LogP contribution in [-0.2, 0) is 12.8 Å². The largest absolute Gasteiger partial charge is 0.388 e. The number of benzene rings is 1. The van der Waals surface area contributed by atoms with Crippen LogP contribution >= 0.6 is 11.3 Å². The van der Waals surface area contributed by atoms with Gasteiger partial charge in [0.05, 0.1) is 18.0 Å². The summed E-state index contributed by atoms with van der Waals surface area (Å²) in [4.78, 5) is 2.57. The molecular formula is C17H18N2OS. The van der Waals surface area contributed by atoms with Crippen molar-refractivity contribution in [2.45, 2.75) is 25.9 Å². The van der Waals surface area contributed by atoms with E-state index in [0.717, 1.165) is 17.7 Å². The molecule has 0 radical (unpaired) electrons. The Labute approximate surface area is 128 Å². The Hall–Kier alpha value is -1.91. The standard InChI is InChI=1S/C17H18N2OS/c1-2-15-8-9-16(21-15)10-17(20)13-11-18-19(12-13)14-6-4-3-5-7-14/h3-9,11-12,17,20H,2,10H2,1H3. The Bertz CT molecular complexity index is 702. The van der Waals surface area contributed by atoms with Gasteiger partial charge in [-0.25, -0.2) is 4.68 Å². The Balaban J connectivity index is 1.73. The summed E-state index contributed by atoms with van der Waals surface area (Å²) in [5, 5.41) is 14.7. The van der Waals surface area contributed by atoms with Crippen LogP contribution in [0, 0.1) is 0 Å². The van der Waals surface area contributed by atoms with E-state index in [4.69, 9.17) is 0 Å². The molecule has 0 aliphatic heterocycles. The molecular weight excluding hydrogens is 280 g/mol. The molecule has 4 heteroatoms. The van der Waals surface area contributed by atoms with Crippen molar-refractivity contribution in [3.63, 3.8) is 0 Å². The smallest absolute Gasteiger partial charge is 0.0868 e. The lowest BCUT2D eigenvalue weighted by molar-refractivity contribution is 0.179. The van der Waals surface area contributed by atoms with Crippen molar-refractivity contribution < 1.29 is 5.11 Å². The van der Waals surface area contributed by atoms with E-state index in [1.165, 1.54) is 9.75 Å². The van der Waals surface area contributed by atoms with Gasteiger partial charge in [0, 0.05) is 27.9 Å². The second-order valence-corrected chi connectivity index (χ2v) is 6.25. The van der Waals surface area contributed by atoms with Crippen molar-refractivity contribution >= 4 is 11.3 Å². The molecule has 0 spiro atoms. The summed E-state index contributed by atoms with van der Waals surface area (Å²) in [5.41, 5.74) is 1.85. The average molecular weight is 298 g/mol. The van der Waals surface area contributed by atoms with Crippen LogP contribution in [0.1, 0.15) is 28.3 Å². The van der Waals surface area contributed by atoms with Crippen molar-refractivity contribution in [3.05, 3.63) is 70.2 Å². The normalized spacial score (nSPS) is 12.5. The molecule has 2 heterocycles. The number of thiophene rings is 1. The van der Waals surface area contributed by atoms with Gasteiger partial charge in [0.1, 0.15) is 0 Å². The highest BCUT2D eigenvalue weighted by molar-refractivity contribution is 7.11. The fraction of sp³-hybridized carbons (Fsp3) is 0.235. The second kappa shape index (κ2) is 6.24. The highest BCUT2D eigenvalue weighted by Crippen LogP contribution is 2.24. The van der Waals surface area contributed by atoms with E-state index in [-0.39, 0.29) is 0 Å². The van der Waals surface area contributed by atoms with Gasteiger partial charge in [0.25, 0.3) is 0 Å². The zero-order valence-corrected chi connectivity index (χ0v) is 12.8. The molecule has 3 rings (SSSR count). The maximum Gasteiger partial charge on any atom is 0.0868 e.